The van der Waals surface area contributed by atoms with E-state index in [4.69, 9.17) is 15.2 Å². The Hall–Kier alpha value is -1.38. The van der Waals surface area contributed by atoms with E-state index >= 15 is 0 Å². The molecule has 0 atom stereocenters. The predicted octanol–water partition coefficient (Wildman–Crippen LogP) is 4.41. The molecular formula is C16H27NO2. The number of ether oxygens (including phenoxy) is 2. The topological polar surface area (TPSA) is 44.5 Å². The molecule has 108 valence electrons. The van der Waals surface area contributed by atoms with Crippen molar-refractivity contribution in [2.75, 3.05) is 19.5 Å². The summed E-state index contributed by atoms with van der Waals surface area (Å²) >= 11 is 0. The first-order valence-electron chi connectivity index (χ1n) is 7.34. The van der Waals surface area contributed by atoms with Gasteiger partial charge in [0, 0.05) is 11.8 Å². The van der Waals surface area contributed by atoms with Gasteiger partial charge in [0.15, 0.2) is 11.5 Å². The van der Waals surface area contributed by atoms with Gasteiger partial charge in [0.1, 0.15) is 0 Å². The van der Waals surface area contributed by atoms with Crippen LogP contribution in [0.15, 0.2) is 18.2 Å². The van der Waals surface area contributed by atoms with Crippen LogP contribution >= 0.6 is 0 Å². The maximum absolute atomic E-state index is 5.73. The van der Waals surface area contributed by atoms with Crippen molar-refractivity contribution in [3.63, 3.8) is 0 Å². The van der Waals surface area contributed by atoms with Crippen LogP contribution in [-0.4, -0.2) is 13.7 Å². The molecule has 1 aromatic rings. The maximum Gasteiger partial charge on any atom is 0.162 e. The van der Waals surface area contributed by atoms with Crippen molar-refractivity contribution in [1.29, 1.82) is 0 Å². The van der Waals surface area contributed by atoms with Crippen molar-refractivity contribution in [2.45, 2.75) is 51.9 Å². The Labute approximate surface area is 117 Å². The van der Waals surface area contributed by atoms with Crippen LogP contribution in [0.5, 0.6) is 11.5 Å². The summed E-state index contributed by atoms with van der Waals surface area (Å²) in [6.07, 6.45) is 9.02. The minimum absolute atomic E-state index is 0.695. The quantitative estimate of drug-likeness (QED) is 0.503. The van der Waals surface area contributed by atoms with Gasteiger partial charge in [0.2, 0.25) is 0 Å². The molecule has 2 N–H and O–H groups in total. The molecule has 19 heavy (non-hydrogen) atoms. The standard InChI is InChI=1S/C16H27NO2/c1-3-4-5-6-7-8-9-12-19-15-11-10-14(17)13-16(15)18-2/h10-11,13H,3-9,12,17H2,1-2H3. The smallest absolute Gasteiger partial charge is 0.162 e. The molecule has 0 spiro atoms. The van der Waals surface area contributed by atoms with E-state index in [0.717, 1.165) is 18.8 Å². The highest BCUT2D eigenvalue weighted by atomic mass is 16.5. The van der Waals surface area contributed by atoms with Crippen LogP contribution < -0.4 is 15.2 Å². The van der Waals surface area contributed by atoms with E-state index in [1.165, 1.54) is 38.5 Å². The van der Waals surface area contributed by atoms with Gasteiger partial charge in [-0.3, -0.25) is 0 Å². The lowest BCUT2D eigenvalue weighted by Crippen LogP contribution is -2.00. The van der Waals surface area contributed by atoms with Gasteiger partial charge in [-0.05, 0) is 18.6 Å². The average Bonchev–Trinajstić information content (AvgIpc) is 2.43. The van der Waals surface area contributed by atoms with E-state index in [-0.39, 0.29) is 0 Å². The monoisotopic (exact) mass is 265 g/mol. The van der Waals surface area contributed by atoms with Crippen molar-refractivity contribution >= 4 is 5.69 Å². The molecule has 0 saturated heterocycles. The van der Waals surface area contributed by atoms with Crippen LogP contribution in [-0.2, 0) is 0 Å². The Morgan fingerprint density at radius 1 is 0.947 bits per heavy atom. The summed E-state index contributed by atoms with van der Waals surface area (Å²) in [4.78, 5) is 0. The first-order valence-corrected chi connectivity index (χ1v) is 7.34. The van der Waals surface area contributed by atoms with Gasteiger partial charge < -0.3 is 15.2 Å². The Bertz CT molecular complexity index is 353. The summed E-state index contributed by atoms with van der Waals surface area (Å²) in [7, 11) is 1.63. The van der Waals surface area contributed by atoms with Crippen molar-refractivity contribution < 1.29 is 9.47 Å². The normalized spacial score (nSPS) is 10.4. The zero-order chi connectivity index (χ0) is 13.9. The Morgan fingerprint density at radius 2 is 1.63 bits per heavy atom. The highest BCUT2D eigenvalue weighted by Gasteiger charge is 2.04. The molecule has 0 aliphatic carbocycles. The van der Waals surface area contributed by atoms with Gasteiger partial charge >= 0.3 is 0 Å². The molecule has 3 heteroatoms. The minimum Gasteiger partial charge on any atom is -0.493 e. The van der Waals surface area contributed by atoms with Crippen molar-refractivity contribution in [1.82, 2.24) is 0 Å². The van der Waals surface area contributed by atoms with Crippen LogP contribution in [0.25, 0.3) is 0 Å². The molecule has 0 aromatic heterocycles. The number of rotatable bonds is 10. The number of anilines is 1. The summed E-state index contributed by atoms with van der Waals surface area (Å²) in [6, 6.07) is 5.50. The third-order valence-electron chi connectivity index (χ3n) is 3.19. The number of hydrogen-bond donors (Lipinski definition) is 1. The first kappa shape index (κ1) is 15.7. The number of methoxy groups -OCH3 is 1. The fraction of sp³-hybridized carbons (Fsp3) is 0.625. The summed E-state index contributed by atoms with van der Waals surface area (Å²) in [5.74, 6) is 1.49. The van der Waals surface area contributed by atoms with Gasteiger partial charge in [-0.25, -0.2) is 0 Å². The molecule has 0 unspecified atom stereocenters. The van der Waals surface area contributed by atoms with Crippen LogP contribution in [0.1, 0.15) is 51.9 Å². The lowest BCUT2D eigenvalue weighted by molar-refractivity contribution is 0.284. The molecule has 0 fully saturated rings. The van der Waals surface area contributed by atoms with E-state index in [1.54, 1.807) is 13.2 Å². The Balaban J connectivity index is 2.15. The molecule has 1 aromatic carbocycles. The maximum atomic E-state index is 5.73. The minimum atomic E-state index is 0.695. The van der Waals surface area contributed by atoms with Gasteiger partial charge in [-0.1, -0.05) is 45.4 Å². The zero-order valence-corrected chi connectivity index (χ0v) is 12.3. The van der Waals surface area contributed by atoms with Crippen LogP contribution in [0, 0.1) is 0 Å². The lowest BCUT2D eigenvalue weighted by Gasteiger charge is -2.11. The summed E-state index contributed by atoms with van der Waals surface area (Å²) < 4.78 is 11.0. The second kappa shape index (κ2) is 9.54. The molecule has 0 saturated carbocycles. The molecule has 0 aliphatic rings. The molecule has 0 bridgehead atoms. The van der Waals surface area contributed by atoms with Gasteiger partial charge in [-0.15, -0.1) is 0 Å². The molecular weight excluding hydrogens is 238 g/mol. The van der Waals surface area contributed by atoms with Gasteiger partial charge in [-0.2, -0.15) is 0 Å². The number of nitrogen functional groups attached to an aromatic ring is 1. The second-order valence-corrected chi connectivity index (χ2v) is 4.88. The molecule has 0 heterocycles. The van der Waals surface area contributed by atoms with E-state index in [1.807, 2.05) is 12.1 Å². The van der Waals surface area contributed by atoms with Crippen LogP contribution in [0.3, 0.4) is 0 Å². The van der Waals surface area contributed by atoms with E-state index in [2.05, 4.69) is 6.92 Å². The molecule has 0 aliphatic heterocycles. The molecule has 3 nitrogen and oxygen atoms in total. The SMILES string of the molecule is CCCCCCCCCOc1ccc(N)cc1OC. The van der Waals surface area contributed by atoms with Crippen LogP contribution in [0.4, 0.5) is 5.69 Å². The third kappa shape index (κ3) is 6.37. The highest BCUT2D eigenvalue weighted by Crippen LogP contribution is 2.29. The van der Waals surface area contributed by atoms with E-state index in [9.17, 15) is 0 Å². The number of hydrogen-bond acceptors (Lipinski definition) is 3. The summed E-state index contributed by atoms with van der Waals surface area (Å²) in [5.41, 5.74) is 6.40. The highest BCUT2D eigenvalue weighted by molar-refractivity contribution is 5.51. The largest absolute Gasteiger partial charge is 0.493 e. The Kier molecular flexibility index (Phi) is 7.87. The van der Waals surface area contributed by atoms with Crippen molar-refractivity contribution in [3.05, 3.63) is 18.2 Å². The zero-order valence-electron chi connectivity index (χ0n) is 12.3. The van der Waals surface area contributed by atoms with Crippen molar-refractivity contribution in [2.24, 2.45) is 0 Å². The molecule has 1 rings (SSSR count). The lowest BCUT2D eigenvalue weighted by atomic mass is 10.1. The summed E-state index contributed by atoms with van der Waals surface area (Å²) in [6.45, 7) is 2.99. The summed E-state index contributed by atoms with van der Waals surface area (Å²) in [5, 5.41) is 0. The van der Waals surface area contributed by atoms with Crippen LogP contribution in [0.2, 0.25) is 0 Å². The average molecular weight is 265 g/mol. The van der Waals surface area contributed by atoms with E-state index < -0.39 is 0 Å². The van der Waals surface area contributed by atoms with Crippen molar-refractivity contribution in [3.8, 4) is 11.5 Å². The first-order chi connectivity index (χ1) is 9.27. The number of nitrogens with two attached hydrogens (primary N) is 1. The fourth-order valence-corrected chi connectivity index (χ4v) is 2.04. The van der Waals surface area contributed by atoms with E-state index in [0.29, 0.717) is 11.4 Å². The second-order valence-electron chi connectivity index (χ2n) is 4.88. The number of benzene rings is 1. The van der Waals surface area contributed by atoms with Gasteiger partial charge in [0.25, 0.3) is 0 Å². The third-order valence-corrected chi connectivity index (χ3v) is 3.19. The predicted molar refractivity (Wildman–Crippen MR) is 80.9 cm³/mol. The fourth-order valence-electron chi connectivity index (χ4n) is 2.04. The Morgan fingerprint density at radius 3 is 2.32 bits per heavy atom. The number of unbranched alkanes of at least 4 members (excludes halogenated alkanes) is 6. The molecule has 0 radical (unpaired) electrons. The van der Waals surface area contributed by atoms with Gasteiger partial charge in [0.05, 0.1) is 13.7 Å². The molecule has 0 amide bonds.